The van der Waals surface area contributed by atoms with Gasteiger partial charge < -0.3 is 14.2 Å². The van der Waals surface area contributed by atoms with Crippen molar-refractivity contribution in [1.29, 1.82) is 0 Å². The van der Waals surface area contributed by atoms with Crippen LogP contribution in [0, 0.1) is 0 Å². The molecule has 0 spiro atoms. The quantitative estimate of drug-likeness (QED) is 0.738. The maximum atomic E-state index is 5.43. The summed E-state index contributed by atoms with van der Waals surface area (Å²) in [5.41, 5.74) is 5.21. The van der Waals surface area contributed by atoms with Crippen LogP contribution in [0.2, 0.25) is 0 Å². The summed E-state index contributed by atoms with van der Waals surface area (Å²) < 4.78 is 7.76. The molecular formula is C20H21N3O. The van der Waals surface area contributed by atoms with Crippen LogP contribution >= 0.6 is 0 Å². The molecule has 3 aromatic rings. The first-order valence-electron chi connectivity index (χ1n) is 8.23. The molecule has 0 unspecified atom stereocenters. The highest BCUT2D eigenvalue weighted by atomic mass is 16.5. The maximum absolute atomic E-state index is 5.43. The minimum absolute atomic E-state index is 0.911. The van der Waals surface area contributed by atoms with Crippen LogP contribution in [-0.2, 0) is 13.0 Å². The number of hydrogen-bond acceptors (Lipinski definition) is 3. The van der Waals surface area contributed by atoms with E-state index in [-0.39, 0.29) is 0 Å². The van der Waals surface area contributed by atoms with Crippen molar-refractivity contribution in [2.75, 3.05) is 20.7 Å². The fourth-order valence-corrected chi connectivity index (χ4v) is 3.44. The Kier molecular flexibility index (Phi) is 3.82. The summed E-state index contributed by atoms with van der Waals surface area (Å²) in [6, 6.07) is 10.4. The third kappa shape index (κ3) is 2.59. The first kappa shape index (κ1) is 15.0. The molecule has 0 N–H and O–H groups in total. The third-order valence-electron chi connectivity index (χ3n) is 4.71. The minimum atomic E-state index is 0.911. The molecule has 2 aromatic heterocycles. The van der Waals surface area contributed by atoms with Gasteiger partial charge in [0.05, 0.1) is 12.6 Å². The molecule has 0 bridgehead atoms. The standard InChI is InChI=1S/C20H21N3O/c1-22-11-8-20-18(14-22)17-13-16(24-2)3-4-19(17)23(20)12-7-15-5-9-21-10-6-15/h3-7,9-10,12-13H,8,11,14H2,1-2H3. The second-order valence-corrected chi connectivity index (χ2v) is 6.26. The Hall–Kier alpha value is -2.59. The summed E-state index contributed by atoms with van der Waals surface area (Å²) in [7, 11) is 3.90. The molecule has 0 saturated heterocycles. The Labute approximate surface area is 142 Å². The van der Waals surface area contributed by atoms with Gasteiger partial charge in [-0.05, 0) is 54.6 Å². The lowest BCUT2D eigenvalue weighted by Crippen LogP contribution is -2.26. The molecule has 4 heteroatoms. The number of pyridine rings is 1. The number of benzene rings is 1. The van der Waals surface area contributed by atoms with Crippen LogP contribution in [0.1, 0.15) is 16.8 Å². The lowest BCUT2D eigenvalue weighted by molar-refractivity contribution is 0.312. The van der Waals surface area contributed by atoms with E-state index in [0.29, 0.717) is 0 Å². The fraction of sp³-hybridized carbons (Fsp3) is 0.250. The van der Waals surface area contributed by atoms with Gasteiger partial charge in [0.1, 0.15) is 5.75 Å². The van der Waals surface area contributed by atoms with E-state index in [0.717, 1.165) is 30.8 Å². The van der Waals surface area contributed by atoms with Crippen LogP contribution in [0.4, 0.5) is 0 Å². The number of rotatable bonds is 3. The minimum Gasteiger partial charge on any atom is -0.497 e. The summed E-state index contributed by atoms with van der Waals surface area (Å²) in [6.07, 6.45) is 9.02. The fourth-order valence-electron chi connectivity index (χ4n) is 3.44. The molecule has 1 aliphatic heterocycles. The van der Waals surface area contributed by atoms with Crippen molar-refractivity contribution in [2.24, 2.45) is 0 Å². The number of ether oxygens (including phenoxy) is 1. The van der Waals surface area contributed by atoms with Gasteiger partial charge in [-0.1, -0.05) is 0 Å². The van der Waals surface area contributed by atoms with Crippen molar-refractivity contribution >= 4 is 23.2 Å². The predicted octanol–water partition coefficient (Wildman–Crippen LogP) is 3.66. The molecule has 122 valence electrons. The second-order valence-electron chi connectivity index (χ2n) is 6.26. The number of methoxy groups -OCH3 is 1. The van der Waals surface area contributed by atoms with Gasteiger partial charge in [0, 0.05) is 49.2 Å². The monoisotopic (exact) mass is 319 g/mol. The molecule has 4 rings (SSSR count). The number of nitrogens with zero attached hydrogens (tertiary/aromatic N) is 3. The molecule has 0 radical (unpaired) electrons. The van der Waals surface area contributed by atoms with Crippen LogP contribution < -0.4 is 4.74 Å². The Morgan fingerprint density at radius 2 is 2.00 bits per heavy atom. The SMILES string of the molecule is COc1ccc2c(c1)c1c(n2C=Cc2ccncc2)CCN(C)C1. The van der Waals surface area contributed by atoms with Gasteiger partial charge in [0.15, 0.2) is 0 Å². The highest BCUT2D eigenvalue weighted by molar-refractivity contribution is 5.89. The number of hydrogen-bond donors (Lipinski definition) is 0. The zero-order chi connectivity index (χ0) is 16.5. The molecule has 0 amide bonds. The van der Waals surface area contributed by atoms with Crippen LogP contribution in [0.15, 0.2) is 42.7 Å². The topological polar surface area (TPSA) is 30.3 Å². The summed E-state index contributed by atoms with van der Waals surface area (Å²) in [4.78, 5) is 6.45. The first-order valence-corrected chi connectivity index (χ1v) is 8.23. The maximum Gasteiger partial charge on any atom is 0.119 e. The summed E-state index contributed by atoms with van der Waals surface area (Å²) in [5.74, 6) is 0.911. The van der Waals surface area contributed by atoms with E-state index >= 15 is 0 Å². The molecule has 24 heavy (non-hydrogen) atoms. The number of aromatic nitrogens is 2. The Morgan fingerprint density at radius 1 is 1.17 bits per heavy atom. The van der Waals surface area contributed by atoms with Crippen molar-refractivity contribution in [1.82, 2.24) is 14.5 Å². The highest BCUT2D eigenvalue weighted by Gasteiger charge is 2.21. The van der Waals surface area contributed by atoms with Crippen LogP contribution in [0.5, 0.6) is 5.75 Å². The zero-order valence-electron chi connectivity index (χ0n) is 14.1. The highest BCUT2D eigenvalue weighted by Crippen LogP contribution is 2.33. The average Bonchev–Trinajstić information content (AvgIpc) is 2.93. The van der Waals surface area contributed by atoms with Gasteiger partial charge in [0.25, 0.3) is 0 Å². The zero-order valence-corrected chi connectivity index (χ0v) is 14.1. The normalized spacial score (nSPS) is 15.1. The van der Waals surface area contributed by atoms with Gasteiger partial charge in [-0.25, -0.2) is 0 Å². The van der Waals surface area contributed by atoms with E-state index in [1.54, 1.807) is 7.11 Å². The molecule has 4 nitrogen and oxygen atoms in total. The van der Waals surface area contributed by atoms with Crippen molar-refractivity contribution in [3.8, 4) is 5.75 Å². The molecule has 0 aliphatic carbocycles. The molecular weight excluding hydrogens is 298 g/mol. The Morgan fingerprint density at radius 3 is 2.79 bits per heavy atom. The molecule has 3 heterocycles. The number of likely N-dealkylation sites (N-methyl/N-ethyl adjacent to an activating group) is 1. The summed E-state index contributed by atoms with van der Waals surface area (Å²) >= 11 is 0. The van der Waals surface area contributed by atoms with Crippen LogP contribution in [-0.4, -0.2) is 35.2 Å². The van der Waals surface area contributed by atoms with Gasteiger partial charge in [0.2, 0.25) is 0 Å². The van der Waals surface area contributed by atoms with Gasteiger partial charge in [-0.2, -0.15) is 0 Å². The lowest BCUT2D eigenvalue weighted by Gasteiger charge is -2.23. The average molecular weight is 319 g/mol. The van der Waals surface area contributed by atoms with E-state index in [1.165, 1.54) is 22.2 Å². The van der Waals surface area contributed by atoms with E-state index in [4.69, 9.17) is 4.74 Å². The molecule has 1 aliphatic rings. The smallest absolute Gasteiger partial charge is 0.119 e. The van der Waals surface area contributed by atoms with Gasteiger partial charge in [-0.15, -0.1) is 0 Å². The van der Waals surface area contributed by atoms with Crippen molar-refractivity contribution in [3.63, 3.8) is 0 Å². The van der Waals surface area contributed by atoms with E-state index < -0.39 is 0 Å². The summed E-state index contributed by atoms with van der Waals surface area (Å²) in [6.45, 7) is 2.07. The Bertz CT molecular complexity index is 896. The predicted molar refractivity (Wildman–Crippen MR) is 98.0 cm³/mol. The summed E-state index contributed by atoms with van der Waals surface area (Å²) in [5, 5.41) is 1.29. The Balaban J connectivity index is 1.87. The van der Waals surface area contributed by atoms with E-state index in [2.05, 4.69) is 45.9 Å². The van der Waals surface area contributed by atoms with Crippen molar-refractivity contribution < 1.29 is 4.74 Å². The second kappa shape index (κ2) is 6.13. The molecule has 0 saturated carbocycles. The number of fused-ring (bicyclic) bond motifs is 3. The van der Waals surface area contributed by atoms with Crippen LogP contribution in [0.3, 0.4) is 0 Å². The lowest BCUT2D eigenvalue weighted by atomic mass is 10.0. The largest absolute Gasteiger partial charge is 0.497 e. The van der Waals surface area contributed by atoms with E-state index in [9.17, 15) is 0 Å². The first-order chi connectivity index (χ1) is 11.8. The molecule has 0 fully saturated rings. The van der Waals surface area contributed by atoms with Crippen molar-refractivity contribution in [3.05, 3.63) is 59.5 Å². The van der Waals surface area contributed by atoms with Gasteiger partial charge in [-0.3, -0.25) is 4.98 Å². The van der Waals surface area contributed by atoms with E-state index in [1.807, 2.05) is 30.6 Å². The van der Waals surface area contributed by atoms with Crippen molar-refractivity contribution in [2.45, 2.75) is 13.0 Å². The molecule has 1 aromatic carbocycles. The van der Waals surface area contributed by atoms with Crippen LogP contribution in [0.25, 0.3) is 23.2 Å². The van der Waals surface area contributed by atoms with Gasteiger partial charge >= 0.3 is 0 Å². The molecule has 0 atom stereocenters. The third-order valence-corrected chi connectivity index (χ3v) is 4.71.